The van der Waals surface area contributed by atoms with E-state index in [4.69, 9.17) is 0 Å². The zero-order valence-corrected chi connectivity index (χ0v) is 10.1. The van der Waals surface area contributed by atoms with Crippen molar-refractivity contribution >= 4 is 22.1 Å². The normalized spacial score (nSPS) is 11.1. The molecule has 2 heterocycles. The summed E-state index contributed by atoms with van der Waals surface area (Å²) in [5.41, 5.74) is 0.869. The maximum atomic E-state index is 11.6. The van der Waals surface area contributed by atoms with Crippen LogP contribution in [0.2, 0.25) is 0 Å². The molecule has 0 aliphatic carbocycles. The first kappa shape index (κ1) is 11.3. The lowest BCUT2D eigenvalue weighted by atomic mass is 10.2. The lowest BCUT2D eigenvalue weighted by Gasteiger charge is -1.99. The van der Waals surface area contributed by atoms with Gasteiger partial charge in [0.2, 0.25) is 0 Å². The Balaban J connectivity index is 1.89. The minimum absolute atomic E-state index is 0.242. The number of carbonyl (C=O) groups excluding carboxylic acids is 1. The highest BCUT2D eigenvalue weighted by molar-refractivity contribution is 7.15. The monoisotopic (exact) mass is 237 g/mol. The summed E-state index contributed by atoms with van der Waals surface area (Å²) in [6.45, 7) is 3.71. The van der Waals surface area contributed by atoms with Gasteiger partial charge in [-0.05, 0) is 6.54 Å². The lowest BCUT2D eigenvalue weighted by molar-refractivity contribution is -0.118. The van der Waals surface area contributed by atoms with Gasteiger partial charge in [0.05, 0.1) is 12.1 Å². The van der Waals surface area contributed by atoms with Crippen molar-refractivity contribution in [2.75, 3.05) is 13.1 Å². The van der Waals surface area contributed by atoms with Crippen LogP contribution < -0.4 is 5.32 Å². The third kappa shape index (κ3) is 2.68. The fourth-order valence-corrected chi connectivity index (χ4v) is 2.28. The maximum Gasteiger partial charge on any atom is 0.193 e. The molecule has 16 heavy (non-hydrogen) atoms. The van der Waals surface area contributed by atoms with Crippen LogP contribution in [0.15, 0.2) is 17.8 Å². The predicted molar refractivity (Wildman–Crippen MR) is 64.9 cm³/mol. The van der Waals surface area contributed by atoms with Crippen molar-refractivity contribution in [3.05, 3.63) is 23.5 Å². The number of hydrogen-bond acceptors (Lipinski definition) is 4. The number of nitrogens with zero attached hydrogens (tertiary/aromatic N) is 2. The Hall–Kier alpha value is -1.20. The molecule has 0 spiro atoms. The molecule has 0 saturated heterocycles. The van der Waals surface area contributed by atoms with Crippen LogP contribution in [-0.4, -0.2) is 28.3 Å². The predicted octanol–water partition coefficient (Wildman–Crippen LogP) is 1.51. The van der Waals surface area contributed by atoms with Crippen molar-refractivity contribution in [1.29, 1.82) is 0 Å². The van der Waals surface area contributed by atoms with Crippen LogP contribution in [0.4, 0.5) is 0 Å². The average Bonchev–Trinajstić information content (AvgIpc) is 2.78. The van der Waals surface area contributed by atoms with E-state index in [9.17, 15) is 4.79 Å². The number of imidazole rings is 1. The van der Waals surface area contributed by atoms with Gasteiger partial charge in [-0.3, -0.25) is 9.20 Å². The van der Waals surface area contributed by atoms with E-state index < -0.39 is 0 Å². The number of nitrogens with one attached hydrogen (secondary N) is 1. The number of hydrogen-bond donors (Lipinski definition) is 1. The van der Waals surface area contributed by atoms with E-state index in [0.29, 0.717) is 12.8 Å². The first-order valence-electron chi connectivity index (χ1n) is 5.43. The number of fused-ring (bicyclic) bond motifs is 1. The largest absolute Gasteiger partial charge is 0.317 e. The summed E-state index contributed by atoms with van der Waals surface area (Å²) >= 11 is 1.58. The molecule has 0 aromatic carbocycles. The third-order valence-electron chi connectivity index (χ3n) is 2.35. The van der Waals surface area contributed by atoms with Gasteiger partial charge in [0.1, 0.15) is 5.78 Å². The van der Waals surface area contributed by atoms with E-state index in [1.54, 1.807) is 11.3 Å². The van der Waals surface area contributed by atoms with Crippen molar-refractivity contribution in [2.24, 2.45) is 0 Å². The molecule has 0 saturated carbocycles. The van der Waals surface area contributed by atoms with E-state index in [0.717, 1.165) is 23.7 Å². The summed E-state index contributed by atoms with van der Waals surface area (Å²) in [7, 11) is 0. The van der Waals surface area contributed by atoms with Crippen LogP contribution in [0.1, 0.15) is 19.0 Å². The Morgan fingerprint density at radius 2 is 2.50 bits per heavy atom. The highest BCUT2D eigenvalue weighted by Gasteiger charge is 2.07. The second-order valence-electron chi connectivity index (χ2n) is 3.64. The number of rotatable bonds is 6. The smallest absolute Gasteiger partial charge is 0.193 e. The first-order chi connectivity index (χ1) is 7.79. The Morgan fingerprint density at radius 3 is 3.25 bits per heavy atom. The van der Waals surface area contributed by atoms with Gasteiger partial charge in [-0.1, -0.05) is 6.92 Å². The maximum absolute atomic E-state index is 11.6. The molecular weight excluding hydrogens is 222 g/mol. The average molecular weight is 237 g/mol. The minimum Gasteiger partial charge on any atom is -0.317 e. The fraction of sp³-hybridized carbons (Fsp3) is 0.455. The molecule has 0 fully saturated rings. The summed E-state index contributed by atoms with van der Waals surface area (Å²) in [6, 6.07) is 0. The van der Waals surface area contributed by atoms with E-state index in [1.807, 2.05) is 29.1 Å². The van der Waals surface area contributed by atoms with Crippen LogP contribution in [0, 0.1) is 0 Å². The lowest BCUT2D eigenvalue weighted by Crippen LogP contribution is -2.18. The zero-order chi connectivity index (χ0) is 11.4. The Bertz CT molecular complexity index is 446. The van der Waals surface area contributed by atoms with Crippen molar-refractivity contribution in [1.82, 2.24) is 14.7 Å². The summed E-state index contributed by atoms with van der Waals surface area (Å²) < 4.78 is 1.96. The molecule has 86 valence electrons. The highest BCUT2D eigenvalue weighted by Crippen LogP contribution is 2.11. The van der Waals surface area contributed by atoms with Crippen LogP contribution in [0.5, 0.6) is 0 Å². The number of thiazole rings is 1. The second kappa shape index (κ2) is 5.23. The van der Waals surface area contributed by atoms with Gasteiger partial charge in [0, 0.05) is 30.7 Å². The molecule has 0 bridgehead atoms. The molecule has 0 atom stereocenters. The van der Waals surface area contributed by atoms with Gasteiger partial charge in [-0.25, -0.2) is 4.98 Å². The standard InChI is InChI=1S/C11H15N3OS/c1-2-12-4-3-10(15)7-9-8-14-5-6-16-11(14)13-9/h5-6,8,12H,2-4,7H2,1H3. The Labute approximate surface area is 98.3 Å². The van der Waals surface area contributed by atoms with Crippen LogP contribution in [0.25, 0.3) is 4.96 Å². The number of ketones is 1. The third-order valence-corrected chi connectivity index (χ3v) is 3.12. The molecule has 0 radical (unpaired) electrons. The van der Waals surface area contributed by atoms with Crippen molar-refractivity contribution in [3.8, 4) is 0 Å². The molecule has 2 rings (SSSR count). The number of Topliss-reactive ketones (excluding diaryl/α,β-unsaturated/α-hetero) is 1. The summed E-state index contributed by atoms with van der Waals surface area (Å²) in [5, 5.41) is 5.13. The van der Waals surface area contributed by atoms with E-state index in [-0.39, 0.29) is 5.78 Å². The second-order valence-corrected chi connectivity index (χ2v) is 4.52. The Morgan fingerprint density at radius 1 is 1.62 bits per heavy atom. The number of aromatic nitrogens is 2. The van der Waals surface area contributed by atoms with E-state index >= 15 is 0 Å². The van der Waals surface area contributed by atoms with Gasteiger partial charge < -0.3 is 5.32 Å². The quantitative estimate of drug-likeness (QED) is 0.775. The van der Waals surface area contributed by atoms with Crippen LogP contribution in [0.3, 0.4) is 0 Å². The SMILES string of the molecule is CCNCCC(=O)Cc1cn2ccsc2n1. The van der Waals surface area contributed by atoms with Gasteiger partial charge in [0.15, 0.2) is 4.96 Å². The molecule has 5 heteroatoms. The first-order valence-corrected chi connectivity index (χ1v) is 6.31. The molecule has 2 aromatic heterocycles. The minimum atomic E-state index is 0.242. The Kier molecular flexibility index (Phi) is 3.69. The van der Waals surface area contributed by atoms with Crippen molar-refractivity contribution in [2.45, 2.75) is 19.8 Å². The van der Waals surface area contributed by atoms with Crippen LogP contribution >= 0.6 is 11.3 Å². The van der Waals surface area contributed by atoms with Crippen molar-refractivity contribution in [3.63, 3.8) is 0 Å². The summed E-state index contributed by atoms with van der Waals surface area (Å²) in [4.78, 5) is 16.9. The van der Waals surface area contributed by atoms with Gasteiger partial charge in [-0.15, -0.1) is 11.3 Å². The zero-order valence-electron chi connectivity index (χ0n) is 9.27. The molecule has 0 unspecified atom stereocenters. The summed E-state index contributed by atoms with van der Waals surface area (Å²) in [6.07, 6.45) is 4.91. The molecular formula is C11H15N3OS. The van der Waals surface area contributed by atoms with Gasteiger partial charge >= 0.3 is 0 Å². The molecule has 0 aliphatic heterocycles. The van der Waals surface area contributed by atoms with E-state index in [2.05, 4.69) is 10.3 Å². The number of carbonyl (C=O) groups is 1. The molecule has 0 amide bonds. The van der Waals surface area contributed by atoms with Crippen LogP contribution in [-0.2, 0) is 11.2 Å². The molecule has 2 aromatic rings. The molecule has 4 nitrogen and oxygen atoms in total. The topological polar surface area (TPSA) is 46.4 Å². The van der Waals surface area contributed by atoms with Gasteiger partial charge in [-0.2, -0.15) is 0 Å². The van der Waals surface area contributed by atoms with Crippen molar-refractivity contribution < 1.29 is 4.79 Å². The molecule has 0 aliphatic rings. The summed E-state index contributed by atoms with van der Waals surface area (Å²) in [5.74, 6) is 0.242. The fourth-order valence-electron chi connectivity index (χ4n) is 1.56. The molecule has 1 N–H and O–H groups in total. The highest BCUT2D eigenvalue weighted by atomic mass is 32.1. The van der Waals surface area contributed by atoms with E-state index in [1.165, 1.54) is 0 Å². The van der Waals surface area contributed by atoms with Gasteiger partial charge in [0.25, 0.3) is 0 Å².